The third kappa shape index (κ3) is 3.56. The maximum Gasteiger partial charge on any atom is 0.360 e. The third-order valence-electron chi connectivity index (χ3n) is 5.39. The molecule has 3 rings (SSSR count). The number of ether oxygens (including phenoxy) is 2. The van der Waals surface area contributed by atoms with E-state index in [9.17, 15) is 9.59 Å². The first-order chi connectivity index (χ1) is 11.9. The highest BCUT2D eigenvalue weighted by Gasteiger charge is 2.49. The minimum Gasteiger partial charge on any atom is -0.495 e. The fourth-order valence-electron chi connectivity index (χ4n) is 3.99. The number of methoxy groups -OCH3 is 1. The van der Waals surface area contributed by atoms with Gasteiger partial charge in [-0.1, -0.05) is 30.5 Å². The molecule has 1 atom stereocenters. The Morgan fingerprint density at radius 1 is 1.32 bits per heavy atom. The summed E-state index contributed by atoms with van der Waals surface area (Å²) in [5, 5.41) is 8.10. The van der Waals surface area contributed by atoms with Crippen molar-refractivity contribution in [1.29, 1.82) is 5.41 Å². The number of ketones is 1. The molecule has 0 spiro atoms. The third-order valence-corrected chi connectivity index (χ3v) is 5.69. The molecule has 1 unspecified atom stereocenters. The summed E-state index contributed by atoms with van der Waals surface area (Å²) in [7, 11) is 1.57. The quantitative estimate of drug-likeness (QED) is 0.808. The van der Waals surface area contributed by atoms with E-state index in [1.807, 2.05) is 18.2 Å². The van der Waals surface area contributed by atoms with Gasteiger partial charge in [0.05, 0.1) is 18.6 Å². The molecule has 1 heterocycles. The van der Waals surface area contributed by atoms with Crippen molar-refractivity contribution in [1.82, 2.24) is 0 Å². The number of halogens is 1. The minimum atomic E-state index is -0.790. The van der Waals surface area contributed by atoms with Crippen LogP contribution in [-0.4, -0.2) is 30.2 Å². The van der Waals surface area contributed by atoms with E-state index in [0.29, 0.717) is 23.6 Å². The van der Waals surface area contributed by atoms with Crippen LogP contribution in [0.1, 0.15) is 44.1 Å². The van der Waals surface area contributed by atoms with Gasteiger partial charge < -0.3 is 9.47 Å². The summed E-state index contributed by atoms with van der Waals surface area (Å²) in [6.45, 7) is 0. The summed E-state index contributed by atoms with van der Waals surface area (Å²) < 4.78 is 10.9. The number of carbonyl (C=O) groups is 2. The molecule has 0 bridgehead atoms. The topological polar surface area (TPSA) is 76.5 Å². The monoisotopic (exact) mass is 363 g/mol. The molecule has 1 aromatic carbocycles. The van der Waals surface area contributed by atoms with Crippen LogP contribution < -0.4 is 4.74 Å². The zero-order valence-corrected chi connectivity index (χ0v) is 15.0. The molecule has 134 valence electrons. The number of hydrogen-bond donors (Lipinski definition) is 1. The molecule has 1 aromatic rings. The number of esters is 1. The number of cyclic esters (lactones) is 1. The molecule has 5 nitrogen and oxygen atoms in total. The average Bonchev–Trinajstić information content (AvgIpc) is 3.13. The molecule has 1 saturated heterocycles. The molecule has 1 aliphatic carbocycles. The maximum atomic E-state index is 12.2. The van der Waals surface area contributed by atoms with Gasteiger partial charge in [0.1, 0.15) is 11.4 Å². The van der Waals surface area contributed by atoms with Gasteiger partial charge in [-0.05, 0) is 49.3 Å². The second-order valence-electron chi connectivity index (χ2n) is 6.88. The molecule has 1 aliphatic heterocycles. The van der Waals surface area contributed by atoms with Crippen molar-refractivity contribution in [2.24, 2.45) is 5.92 Å². The molecule has 1 saturated carbocycles. The number of Topliss-reactive ketones (excluding diaryl/α,β-unsaturated/α-hetero) is 1. The Labute approximate surface area is 152 Å². The van der Waals surface area contributed by atoms with E-state index in [1.54, 1.807) is 7.11 Å². The summed E-state index contributed by atoms with van der Waals surface area (Å²) >= 11 is 6.19. The van der Waals surface area contributed by atoms with Crippen LogP contribution in [0.4, 0.5) is 0 Å². The number of aryl methyl sites for hydroxylation is 1. The first kappa shape index (κ1) is 17.9. The average molecular weight is 364 g/mol. The number of rotatable bonds is 5. The molecule has 1 N–H and O–H groups in total. The van der Waals surface area contributed by atoms with Crippen molar-refractivity contribution in [3.63, 3.8) is 0 Å². The normalized spacial score (nSPS) is 24.5. The minimum absolute atomic E-state index is 0.117. The fraction of sp³-hybridized carbons (Fsp3) is 0.526. The van der Waals surface area contributed by atoms with E-state index in [4.69, 9.17) is 26.5 Å². The first-order valence-corrected chi connectivity index (χ1v) is 9.00. The predicted octanol–water partition coefficient (Wildman–Crippen LogP) is 3.75. The smallest absolute Gasteiger partial charge is 0.360 e. The van der Waals surface area contributed by atoms with Crippen molar-refractivity contribution in [3.05, 3.63) is 28.8 Å². The molecular formula is C19H22ClNO4. The van der Waals surface area contributed by atoms with Crippen LogP contribution in [0, 0.1) is 11.3 Å². The van der Waals surface area contributed by atoms with Gasteiger partial charge in [-0.3, -0.25) is 10.2 Å². The second-order valence-corrected chi connectivity index (χ2v) is 7.29. The molecule has 2 fully saturated rings. The molecule has 0 radical (unpaired) electrons. The van der Waals surface area contributed by atoms with Gasteiger partial charge in [0.25, 0.3) is 0 Å². The standard InChI is InChI=1S/C19H22ClNO4/c1-24-16-7-6-12(10-14(16)20)8-9-19(13-4-2-3-5-13)11-15(22)17(21)18(23)25-19/h6-7,10,13,21H,2-5,8-9,11H2,1H3. The Morgan fingerprint density at radius 3 is 2.64 bits per heavy atom. The van der Waals surface area contributed by atoms with Crippen LogP contribution in [0.2, 0.25) is 5.02 Å². The van der Waals surface area contributed by atoms with E-state index >= 15 is 0 Å². The van der Waals surface area contributed by atoms with E-state index in [0.717, 1.165) is 31.2 Å². The summed E-state index contributed by atoms with van der Waals surface area (Å²) in [5.41, 5.74) is -0.310. The highest BCUT2D eigenvalue weighted by Crippen LogP contribution is 2.43. The summed E-state index contributed by atoms with van der Waals surface area (Å²) in [5.74, 6) is -0.391. The van der Waals surface area contributed by atoms with Crippen LogP contribution in [0.25, 0.3) is 0 Å². The highest BCUT2D eigenvalue weighted by atomic mass is 35.5. The maximum absolute atomic E-state index is 12.2. The van der Waals surface area contributed by atoms with Gasteiger partial charge in [0, 0.05) is 0 Å². The Morgan fingerprint density at radius 2 is 2.04 bits per heavy atom. The first-order valence-electron chi connectivity index (χ1n) is 8.63. The molecule has 2 aliphatic rings. The predicted molar refractivity (Wildman–Crippen MR) is 94.5 cm³/mol. The van der Waals surface area contributed by atoms with Gasteiger partial charge in [-0.25, -0.2) is 4.79 Å². The fourth-order valence-corrected chi connectivity index (χ4v) is 4.27. The van der Waals surface area contributed by atoms with Gasteiger partial charge >= 0.3 is 5.97 Å². The zero-order chi connectivity index (χ0) is 18.0. The van der Waals surface area contributed by atoms with Crippen molar-refractivity contribution in [3.8, 4) is 5.75 Å². The highest BCUT2D eigenvalue weighted by molar-refractivity contribution is 6.64. The lowest BCUT2D eigenvalue weighted by molar-refractivity contribution is -0.165. The van der Waals surface area contributed by atoms with Crippen LogP contribution in [0.3, 0.4) is 0 Å². The van der Waals surface area contributed by atoms with Crippen molar-refractivity contribution < 1.29 is 19.1 Å². The SMILES string of the molecule is COc1ccc(CCC2(C3CCCC3)CC(=O)C(=N)C(=O)O2)cc1Cl. The van der Waals surface area contributed by atoms with E-state index in [1.165, 1.54) is 0 Å². The van der Waals surface area contributed by atoms with E-state index in [-0.39, 0.29) is 12.3 Å². The number of benzene rings is 1. The van der Waals surface area contributed by atoms with Gasteiger partial charge in [0.15, 0.2) is 11.5 Å². The van der Waals surface area contributed by atoms with E-state index < -0.39 is 23.1 Å². The summed E-state index contributed by atoms with van der Waals surface area (Å²) in [6.07, 6.45) is 5.41. The lowest BCUT2D eigenvalue weighted by Crippen LogP contribution is -2.52. The van der Waals surface area contributed by atoms with Gasteiger partial charge in [-0.2, -0.15) is 0 Å². The zero-order valence-electron chi connectivity index (χ0n) is 14.3. The Hall–Kier alpha value is -1.88. The van der Waals surface area contributed by atoms with Crippen molar-refractivity contribution in [2.45, 2.75) is 50.5 Å². The lowest BCUT2D eigenvalue weighted by atomic mass is 9.75. The number of carbonyl (C=O) groups excluding carboxylic acids is 2. The largest absolute Gasteiger partial charge is 0.495 e. The number of nitrogens with one attached hydrogen (secondary N) is 1. The van der Waals surface area contributed by atoms with Crippen LogP contribution in [0.5, 0.6) is 5.75 Å². The number of hydrogen-bond acceptors (Lipinski definition) is 5. The Kier molecular flexibility index (Phi) is 5.13. The molecule has 0 aromatic heterocycles. The summed E-state index contributed by atoms with van der Waals surface area (Å²) in [4.78, 5) is 24.2. The second kappa shape index (κ2) is 7.16. The van der Waals surface area contributed by atoms with E-state index in [2.05, 4.69) is 0 Å². The van der Waals surface area contributed by atoms with Crippen LogP contribution in [0.15, 0.2) is 18.2 Å². The lowest BCUT2D eigenvalue weighted by Gasteiger charge is -2.41. The Balaban J connectivity index is 1.81. The van der Waals surface area contributed by atoms with Crippen molar-refractivity contribution in [2.75, 3.05) is 7.11 Å². The van der Waals surface area contributed by atoms with Crippen LogP contribution in [-0.2, 0) is 20.7 Å². The van der Waals surface area contributed by atoms with Crippen molar-refractivity contribution >= 4 is 29.1 Å². The molecule has 6 heteroatoms. The van der Waals surface area contributed by atoms with Gasteiger partial charge in [0.2, 0.25) is 0 Å². The molecule has 0 amide bonds. The Bertz CT molecular complexity index is 689. The van der Waals surface area contributed by atoms with Gasteiger partial charge in [-0.15, -0.1) is 0 Å². The van der Waals surface area contributed by atoms with Crippen LogP contribution >= 0.6 is 11.6 Å². The molecule has 25 heavy (non-hydrogen) atoms. The summed E-state index contributed by atoms with van der Waals surface area (Å²) in [6, 6.07) is 5.59. The molecular weight excluding hydrogens is 342 g/mol.